The molecule has 0 bridgehead atoms. The van der Waals surface area contributed by atoms with Crippen molar-refractivity contribution >= 4 is 39.7 Å². The van der Waals surface area contributed by atoms with E-state index < -0.39 is 0 Å². The number of amides is 1. The minimum absolute atomic E-state index is 0.0196. The van der Waals surface area contributed by atoms with Crippen molar-refractivity contribution < 1.29 is 4.79 Å². The van der Waals surface area contributed by atoms with Gasteiger partial charge in [0.2, 0.25) is 5.91 Å². The van der Waals surface area contributed by atoms with Crippen LogP contribution in [-0.4, -0.2) is 11.0 Å². The van der Waals surface area contributed by atoms with E-state index in [2.05, 4.69) is 29.7 Å². The smallest absolute Gasteiger partial charge is 0.226 e. The zero-order valence-corrected chi connectivity index (χ0v) is 13.7. The standard InChI is InChI=1S/C18H22N2OS/c1-2-3-4-5-13-17(21)20-18(22)19-16-12-8-10-14-9-6-7-11-15(14)16/h6-12H,2-5,13H2,1H3,(H2,19,20,21,22). The molecule has 2 N–H and O–H groups in total. The van der Waals surface area contributed by atoms with E-state index in [-0.39, 0.29) is 5.91 Å². The van der Waals surface area contributed by atoms with Gasteiger partial charge < -0.3 is 10.6 Å². The van der Waals surface area contributed by atoms with Crippen molar-refractivity contribution in [1.82, 2.24) is 5.32 Å². The summed E-state index contributed by atoms with van der Waals surface area (Å²) in [5, 5.41) is 8.45. The molecule has 0 unspecified atom stereocenters. The first-order valence-corrected chi connectivity index (χ1v) is 8.20. The van der Waals surface area contributed by atoms with E-state index in [1.54, 1.807) is 0 Å². The summed E-state index contributed by atoms with van der Waals surface area (Å²) < 4.78 is 0. The van der Waals surface area contributed by atoms with E-state index in [1.165, 1.54) is 12.8 Å². The molecular formula is C18H22N2OS. The number of fused-ring (bicyclic) bond motifs is 1. The molecule has 0 fully saturated rings. The lowest BCUT2D eigenvalue weighted by Gasteiger charge is -2.11. The highest BCUT2D eigenvalue weighted by atomic mass is 32.1. The number of carbonyl (C=O) groups excluding carboxylic acids is 1. The Morgan fingerprint density at radius 2 is 1.82 bits per heavy atom. The third-order valence-corrected chi connectivity index (χ3v) is 3.75. The Kier molecular flexibility index (Phi) is 6.34. The van der Waals surface area contributed by atoms with Crippen molar-refractivity contribution in [2.24, 2.45) is 0 Å². The second-order valence-corrected chi connectivity index (χ2v) is 5.75. The monoisotopic (exact) mass is 314 g/mol. The van der Waals surface area contributed by atoms with Crippen LogP contribution in [-0.2, 0) is 4.79 Å². The molecule has 0 spiro atoms. The van der Waals surface area contributed by atoms with Gasteiger partial charge in [0.05, 0.1) is 0 Å². The molecule has 0 aliphatic carbocycles. The lowest BCUT2D eigenvalue weighted by atomic mass is 10.1. The highest BCUT2D eigenvalue weighted by Crippen LogP contribution is 2.22. The molecule has 3 nitrogen and oxygen atoms in total. The summed E-state index contributed by atoms with van der Waals surface area (Å²) in [6.45, 7) is 2.16. The summed E-state index contributed by atoms with van der Waals surface area (Å²) in [6, 6.07) is 14.1. The molecule has 0 saturated carbocycles. The fraction of sp³-hybridized carbons (Fsp3) is 0.333. The predicted octanol–water partition coefficient (Wildman–Crippen LogP) is 4.62. The van der Waals surface area contributed by atoms with Gasteiger partial charge in [-0.05, 0) is 30.1 Å². The normalized spacial score (nSPS) is 10.4. The molecule has 0 aromatic heterocycles. The lowest BCUT2D eigenvalue weighted by Crippen LogP contribution is -2.33. The molecule has 2 aromatic rings. The van der Waals surface area contributed by atoms with Crippen molar-refractivity contribution in [3.8, 4) is 0 Å². The molecule has 1 amide bonds. The van der Waals surface area contributed by atoms with Crippen LogP contribution in [0.5, 0.6) is 0 Å². The Hall–Kier alpha value is -1.94. The molecule has 22 heavy (non-hydrogen) atoms. The van der Waals surface area contributed by atoms with Gasteiger partial charge in [-0.3, -0.25) is 4.79 Å². The summed E-state index contributed by atoms with van der Waals surface area (Å²) in [4.78, 5) is 11.8. The van der Waals surface area contributed by atoms with Crippen LogP contribution < -0.4 is 10.6 Å². The van der Waals surface area contributed by atoms with Crippen LogP contribution in [0.15, 0.2) is 42.5 Å². The number of rotatable bonds is 6. The summed E-state index contributed by atoms with van der Waals surface area (Å²) >= 11 is 5.23. The van der Waals surface area contributed by atoms with Gasteiger partial charge in [-0.25, -0.2) is 0 Å². The maximum absolute atomic E-state index is 11.8. The molecule has 0 atom stereocenters. The molecule has 2 aromatic carbocycles. The molecular weight excluding hydrogens is 292 g/mol. The number of unbranched alkanes of at least 4 members (excludes halogenated alkanes) is 3. The third-order valence-electron chi connectivity index (χ3n) is 3.55. The second-order valence-electron chi connectivity index (χ2n) is 5.34. The van der Waals surface area contributed by atoms with Crippen LogP contribution in [0.1, 0.15) is 39.0 Å². The van der Waals surface area contributed by atoms with Crippen LogP contribution in [0.3, 0.4) is 0 Å². The Balaban J connectivity index is 1.90. The maximum Gasteiger partial charge on any atom is 0.226 e. The SMILES string of the molecule is CCCCCCC(=O)NC(=S)Nc1cccc2ccccc12. The van der Waals surface area contributed by atoms with Crippen LogP contribution in [0.25, 0.3) is 10.8 Å². The molecule has 116 valence electrons. The van der Waals surface area contributed by atoms with E-state index in [4.69, 9.17) is 12.2 Å². The van der Waals surface area contributed by atoms with Gasteiger partial charge in [0, 0.05) is 17.5 Å². The number of hydrogen-bond donors (Lipinski definition) is 2. The molecule has 0 aliphatic rings. The van der Waals surface area contributed by atoms with Crippen molar-refractivity contribution in [2.45, 2.75) is 39.0 Å². The van der Waals surface area contributed by atoms with Crippen molar-refractivity contribution in [3.63, 3.8) is 0 Å². The van der Waals surface area contributed by atoms with Crippen LogP contribution in [0.2, 0.25) is 0 Å². The number of thiocarbonyl (C=S) groups is 1. The predicted molar refractivity (Wildman–Crippen MR) is 97.1 cm³/mol. The van der Waals surface area contributed by atoms with Crippen molar-refractivity contribution in [3.05, 3.63) is 42.5 Å². The quantitative estimate of drug-likeness (QED) is 0.603. The largest absolute Gasteiger partial charge is 0.332 e. The Morgan fingerprint density at radius 1 is 1.05 bits per heavy atom. The average Bonchev–Trinajstić information content (AvgIpc) is 2.52. The Labute approximate surface area is 137 Å². The van der Waals surface area contributed by atoms with E-state index in [1.807, 2.05) is 30.3 Å². The van der Waals surface area contributed by atoms with Gasteiger partial charge in [-0.15, -0.1) is 0 Å². The molecule has 2 rings (SSSR count). The molecule has 0 saturated heterocycles. The average molecular weight is 314 g/mol. The van der Waals surface area contributed by atoms with E-state index in [9.17, 15) is 4.79 Å². The summed E-state index contributed by atoms with van der Waals surface area (Å²) in [5.74, 6) is -0.0196. The fourth-order valence-electron chi connectivity index (χ4n) is 2.39. The van der Waals surface area contributed by atoms with Crippen molar-refractivity contribution in [2.75, 3.05) is 5.32 Å². The van der Waals surface area contributed by atoms with Gasteiger partial charge in [0.15, 0.2) is 5.11 Å². The van der Waals surface area contributed by atoms with Gasteiger partial charge in [0.1, 0.15) is 0 Å². The van der Waals surface area contributed by atoms with Gasteiger partial charge in [-0.1, -0.05) is 62.6 Å². The second kappa shape index (κ2) is 8.49. The third kappa shape index (κ3) is 4.81. The Morgan fingerprint density at radius 3 is 2.64 bits per heavy atom. The van der Waals surface area contributed by atoms with Gasteiger partial charge in [0.25, 0.3) is 0 Å². The lowest BCUT2D eigenvalue weighted by molar-refractivity contribution is -0.119. The van der Waals surface area contributed by atoms with E-state index >= 15 is 0 Å². The first kappa shape index (κ1) is 16.4. The van der Waals surface area contributed by atoms with Crippen LogP contribution in [0, 0.1) is 0 Å². The molecule has 0 radical (unpaired) electrons. The van der Waals surface area contributed by atoms with Crippen LogP contribution >= 0.6 is 12.2 Å². The highest BCUT2D eigenvalue weighted by Gasteiger charge is 2.06. The number of nitrogens with one attached hydrogen (secondary N) is 2. The molecule has 4 heteroatoms. The number of carbonyl (C=O) groups is 1. The first-order chi connectivity index (χ1) is 10.7. The van der Waals surface area contributed by atoms with E-state index in [0.29, 0.717) is 11.5 Å². The number of hydrogen-bond acceptors (Lipinski definition) is 2. The zero-order valence-electron chi connectivity index (χ0n) is 12.9. The Bertz CT molecular complexity index is 649. The molecule has 0 heterocycles. The summed E-state index contributed by atoms with van der Waals surface area (Å²) in [7, 11) is 0. The minimum atomic E-state index is -0.0196. The van der Waals surface area contributed by atoms with Crippen LogP contribution in [0.4, 0.5) is 5.69 Å². The van der Waals surface area contributed by atoms with E-state index in [0.717, 1.165) is 29.3 Å². The minimum Gasteiger partial charge on any atom is -0.332 e. The van der Waals surface area contributed by atoms with Crippen molar-refractivity contribution in [1.29, 1.82) is 0 Å². The highest BCUT2D eigenvalue weighted by molar-refractivity contribution is 7.80. The molecule has 0 aliphatic heterocycles. The number of benzene rings is 2. The summed E-state index contributed by atoms with van der Waals surface area (Å²) in [6.07, 6.45) is 4.87. The number of anilines is 1. The first-order valence-electron chi connectivity index (χ1n) is 7.79. The zero-order chi connectivity index (χ0) is 15.8. The van der Waals surface area contributed by atoms with Gasteiger partial charge >= 0.3 is 0 Å². The topological polar surface area (TPSA) is 41.1 Å². The maximum atomic E-state index is 11.8. The summed E-state index contributed by atoms with van der Waals surface area (Å²) in [5.41, 5.74) is 0.911. The van der Waals surface area contributed by atoms with Gasteiger partial charge in [-0.2, -0.15) is 0 Å². The fourth-order valence-corrected chi connectivity index (χ4v) is 2.61.